The van der Waals surface area contributed by atoms with Crippen LogP contribution in [0.5, 0.6) is 5.75 Å². The van der Waals surface area contributed by atoms with Gasteiger partial charge < -0.3 is 14.9 Å². The fourth-order valence-corrected chi connectivity index (χ4v) is 4.73. The molecule has 5 nitrogen and oxygen atoms in total. The van der Waals surface area contributed by atoms with Gasteiger partial charge in [-0.25, -0.2) is 4.39 Å². The summed E-state index contributed by atoms with van der Waals surface area (Å²) in [4.78, 5) is 19.4. The van der Waals surface area contributed by atoms with Crippen LogP contribution in [0.2, 0.25) is 0 Å². The van der Waals surface area contributed by atoms with Crippen molar-refractivity contribution in [2.24, 2.45) is 0 Å². The van der Waals surface area contributed by atoms with Crippen LogP contribution in [0.15, 0.2) is 72.8 Å². The van der Waals surface area contributed by atoms with Gasteiger partial charge in [0.05, 0.1) is 0 Å². The number of phenols is 1. The maximum Gasteiger partial charge on any atom is 0.253 e. The maximum absolute atomic E-state index is 14.1. The predicted molar refractivity (Wildman–Crippen MR) is 133 cm³/mol. The van der Waals surface area contributed by atoms with Gasteiger partial charge in [0.1, 0.15) is 11.6 Å². The first-order chi connectivity index (χ1) is 16.6. The number of hydrogen-bond acceptors (Lipinski definition) is 4. The van der Waals surface area contributed by atoms with E-state index in [1.165, 1.54) is 23.8 Å². The average molecular weight is 458 g/mol. The Bertz CT molecular complexity index is 1190. The largest absolute Gasteiger partial charge is 0.508 e. The molecule has 0 atom stereocenters. The van der Waals surface area contributed by atoms with Gasteiger partial charge in [-0.3, -0.25) is 9.69 Å². The minimum atomic E-state index is -0.399. The average Bonchev–Trinajstić information content (AvgIpc) is 3.11. The molecular weight excluding hydrogens is 429 g/mol. The number of para-hydroxylation sites is 1. The highest BCUT2D eigenvalue weighted by atomic mass is 19.1. The molecule has 0 radical (unpaired) electrons. The summed E-state index contributed by atoms with van der Waals surface area (Å²) in [7, 11) is 0. The van der Waals surface area contributed by atoms with Gasteiger partial charge in [0.25, 0.3) is 5.91 Å². The number of aromatic hydroxyl groups is 1. The number of amides is 1. The molecule has 0 spiro atoms. The number of hydrogen-bond donors (Lipinski definition) is 1. The number of nitrogens with zero attached hydrogens (tertiary/aromatic N) is 3. The first-order valence-electron chi connectivity index (χ1n) is 11.7. The van der Waals surface area contributed by atoms with E-state index in [4.69, 9.17) is 0 Å². The highest BCUT2D eigenvalue weighted by Gasteiger charge is 2.22. The fraction of sp³-hybridized carbons (Fsp3) is 0.250. The van der Waals surface area contributed by atoms with Crippen molar-refractivity contribution >= 4 is 23.4 Å². The van der Waals surface area contributed by atoms with E-state index in [2.05, 4.69) is 34.1 Å². The van der Waals surface area contributed by atoms with Crippen LogP contribution in [0.25, 0.3) is 6.08 Å². The molecule has 3 aromatic rings. The van der Waals surface area contributed by atoms with Crippen molar-refractivity contribution in [2.75, 3.05) is 37.6 Å². The molecule has 3 aromatic carbocycles. The van der Waals surface area contributed by atoms with Crippen molar-refractivity contribution in [3.8, 4) is 5.75 Å². The number of phenolic OH excluding ortho intramolecular Hbond substituents is 1. The second-order valence-corrected chi connectivity index (χ2v) is 8.78. The van der Waals surface area contributed by atoms with Crippen LogP contribution < -0.4 is 4.90 Å². The van der Waals surface area contributed by atoms with E-state index >= 15 is 0 Å². The molecule has 2 heterocycles. The monoisotopic (exact) mass is 457 g/mol. The molecule has 1 amide bonds. The fourth-order valence-electron chi connectivity index (χ4n) is 4.73. The Morgan fingerprint density at radius 1 is 0.912 bits per heavy atom. The normalized spacial score (nSPS) is 16.3. The summed E-state index contributed by atoms with van der Waals surface area (Å²) >= 11 is 0. The molecule has 0 unspecified atom stereocenters. The third-order valence-electron chi connectivity index (χ3n) is 6.59. The summed E-state index contributed by atoms with van der Waals surface area (Å²) in [5.41, 5.74) is 4.39. The summed E-state index contributed by atoms with van der Waals surface area (Å²) in [6.45, 7) is 3.74. The van der Waals surface area contributed by atoms with Crippen molar-refractivity contribution in [1.29, 1.82) is 0 Å². The number of anilines is 2. The quantitative estimate of drug-likeness (QED) is 0.596. The van der Waals surface area contributed by atoms with Crippen molar-refractivity contribution in [2.45, 2.75) is 13.0 Å². The minimum Gasteiger partial charge on any atom is -0.508 e. The summed E-state index contributed by atoms with van der Waals surface area (Å²) < 4.78 is 14.1. The summed E-state index contributed by atoms with van der Waals surface area (Å²) in [5, 5.41) is 10.0. The molecule has 0 aliphatic carbocycles. The maximum atomic E-state index is 14.1. The summed E-state index contributed by atoms with van der Waals surface area (Å²) in [6, 6.07) is 20.5. The van der Waals surface area contributed by atoms with Gasteiger partial charge >= 0.3 is 0 Å². The van der Waals surface area contributed by atoms with E-state index in [-0.39, 0.29) is 11.7 Å². The molecule has 5 rings (SSSR count). The van der Waals surface area contributed by atoms with E-state index < -0.39 is 5.82 Å². The second-order valence-electron chi connectivity index (χ2n) is 8.78. The van der Waals surface area contributed by atoms with Gasteiger partial charge in [-0.2, -0.15) is 0 Å². The Morgan fingerprint density at radius 3 is 2.56 bits per heavy atom. The summed E-state index contributed by atoms with van der Waals surface area (Å²) in [6.07, 6.45) is 5.08. The van der Waals surface area contributed by atoms with Crippen LogP contribution in [-0.4, -0.2) is 53.5 Å². The van der Waals surface area contributed by atoms with Crippen molar-refractivity contribution in [1.82, 2.24) is 9.80 Å². The van der Waals surface area contributed by atoms with Gasteiger partial charge in [-0.05, 0) is 54.4 Å². The zero-order valence-electron chi connectivity index (χ0n) is 19.0. The van der Waals surface area contributed by atoms with Crippen LogP contribution in [0.1, 0.15) is 27.9 Å². The van der Waals surface area contributed by atoms with Gasteiger partial charge in [0.15, 0.2) is 0 Å². The number of rotatable bonds is 4. The number of benzene rings is 3. The molecule has 2 aliphatic rings. The van der Waals surface area contributed by atoms with Gasteiger partial charge in [0.2, 0.25) is 0 Å². The van der Waals surface area contributed by atoms with E-state index in [9.17, 15) is 14.3 Å². The Hall–Kier alpha value is -3.64. The molecule has 34 heavy (non-hydrogen) atoms. The lowest BCUT2D eigenvalue weighted by molar-refractivity contribution is 0.0761. The van der Waals surface area contributed by atoms with Crippen molar-refractivity contribution in [3.63, 3.8) is 0 Å². The molecule has 2 aliphatic heterocycles. The topological polar surface area (TPSA) is 47.0 Å². The van der Waals surface area contributed by atoms with Crippen LogP contribution in [-0.2, 0) is 6.54 Å². The Kier molecular flexibility index (Phi) is 6.32. The first-order valence-corrected chi connectivity index (χ1v) is 11.7. The second kappa shape index (κ2) is 9.69. The molecule has 0 bridgehead atoms. The lowest BCUT2D eigenvalue weighted by atomic mass is 10.1. The third-order valence-corrected chi connectivity index (χ3v) is 6.59. The van der Waals surface area contributed by atoms with Crippen LogP contribution in [0.3, 0.4) is 0 Å². The van der Waals surface area contributed by atoms with Crippen molar-refractivity contribution in [3.05, 3.63) is 95.3 Å². The molecule has 1 saturated heterocycles. The first kappa shape index (κ1) is 22.2. The van der Waals surface area contributed by atoms with E-state index in [0.717, 1.165) is 30.9 Å². The molecule has 1 N–H and O–H groups in total. The zero-order valence-corrected chi connectivity index (χ0v) is 19.0. The molecular formula is C28H28FN3O2. The summed E-state index contributed by atoms with van der Waals surface area (Å²) in [5.74, 6) is -0.408. The lowest BCUT2D eigenvalue weighted by Crippen LogP contribution is -2.35. The molecule has 174 valence electrons. The molecule has 0 aromatic heterocycles. The third kappa shape index (κ3) is 4.54. The van der Waals surface area contributed by atoms with E-state index in [1.807, 2.05) is 41.3 Å². The van der Waals surface area contributed by atoms with Crippen LogP contribution in [0.4, 0.5) is 15.8 Å². The van der Waals surface area contributed by atoms with Gasteiger partial charge in [-0.15, -0.1) is 0 Å². The Balaban J connectivity index is 1.24. The molecule has 1 fully saturated rings. The standard InChI is InChI=1S/C28H28FN3O2/c29-25-8-3-10-27(33)24(25)20-30-15-5-16-31(19-18-30)28(34)22-11-13-23(14-12-22)32-17-4-7-21-6-1-2-9-26(21)32/h1-4,6-14,33H,5,15-20H2. The smallest absolute Gasteiger partial charge is 0.253 e. The molecule has 0 saturated carbocycles. The SMILES string of the molecule is O=C(c1ccc(N2CC=Cc3ccccc32)cc1)N1CCCN(Cc2c(O)cccc2F)CC1. The van der Waals surface area contributed by atoms with E-state index in [0.29, 0.717) is 37.3 Å². The van der Waals surface area contributed by atoms with Gasteiger partial charge in [-0.1, -0.05) is 36.4 Å². The zero-order chi connectivity index (χ0) is 23.5. The number of carbonyl (C=O) groups excluding carboxylic acids is 1. The molecule has 6 heteroatoms. The number of carbonyl (C=O) groups is 1. The van der Waals surface area contributed by atoms with Gasteiger partial charge in [0, 0.05) is 61.8 Å². The highest BCUT2D eigenvalue weighted by Crippen LogP contribution is 2.32. The van der Waals surface area contributed by atoms with E-state index in [1.54, 1.807) is 0 Å². The number of halogens is 1. The van der Waals surface area contributed by atoms with Crippen LogP contribution in [0, 0.1) is 5.82 Å². The van der Waals surface area contributed by atoms with Crippen molar-refractivity contribution < 1.29 is 14.3 Å². The number of fused-ring (bicyclic) bond motifs is 1. The minimum absolute atomic E-state index is 0.0149. The Labute approximate surface area is 199 Å². The predicted octanol–water partition coefficient (Wildman–Crippen LogP) is 5.04. The Morgan fingerprint density at radius 2 is 1.74 bits per heavy atom. The highest BCUT2D eigenvalue weighted by molar-refractivity contribution is 5.94. The van der Waals surface area contributed by atoms with Crippen LogP contribution >= 0.6 is 0 Å². The lowest BCUT2D eigenvalue weighted by Gasteiger charge is -2.28.